The number of hydrazine groups is 1. The third-order valence-corrected chi connectivity index (χ3v) is 3.48. The van der Waals surface area contributed by atoms with Crippen LogP contribution in [0.25, 0.3) is 0 Å². The molecule has 0 fully saturated rings. The van der Waals surface area contributed by atoms with E-state index in [0.29, 0.717) is 5.02 Å². The molecule has 0 aliphatic carbocycles. The van der Waals surface area contributed by atoms with Crippen molar-refractivity contribution in [1.29, 1.82) is 0 Å². The maximum Gasteiger partial charge on any atom is 0.242 e. The van der Waals surface area contributed by atoms with Gasteiger partial charge in [-0.05, 0) is 35.7 Å². The number of carbonyl (C=O) groups is 2. The van der Waals surface area contributed by atoms with Crippen LogP contribution in [0, 0.1) is 6.92 Å². The molecule has 0 atom stereocenters. The summed E-state index contributed by atoms with van der Waals surface area (Å²) in [5.41, 5.74) is 7.65. The maximum atomic E-state index is 11.8. The predicted molar refractivity (Wildman–Crippen MR) is 86.3 cm³/mol. The van der Waals surface area contributed by atoms with E-state index in [1.54, 1.807) is 24.3 Å². The van der Waals surface area contributed by atoms with Crippen LogP contribution in [0.4, 0.5) is 0 Å². The lowest BCUT2D eigenvalue weighted by molar-refractivity contribution is -0.128. The van der Waals surface area contributed by atoms with Gasteiger partial charge in [0, 0.05) is 5.02 Å². The molecule has 0 heterocycles. The fourth-order valence-corrected chi connectivity index (χ4v) is 2.12. The third kappa shape index (κ3) is 4.90. The second kappa shape index (κ2) is 7.61. The Labute approximate surface area is 134 Å². The summed E-state index contributed by atoms with van der Waals surface area (Å²) in [6.45, 7) is 1.95. The number of amides is 2. The highest BCUT2D eigenvalue weighted by Crippen LogP contribution is 2.10. The minimum atomic E-state index is -0.277. The molecule has 0 radical (unpaired) electrons. The molecule has 2 rings (SSSR count). The molecule has 0 spiro atoms. The zero-order chi connectivity index (χ0) is 15.9. The molecule has 2 aromatic carbocycles. The minimum absolute atomic E-state index is 0.182. The van der Waals surface area contributed by atoms with Crippen LogP contribution in [0.2, 0.25) is 5.02 Å². The average molecular weight is 317 g/mol. The van der Waals surface area contributed by atoms with E-state index in [1.807, 2.05) is 31.2 Å². The van der Waals surface area contributed by atoms with E-state index in [9.17, 15) is 9.59 Å². The van der Waals surface area contributed by atoms with Crippen LogP contribution in [-0.4, -0.2) is 11.8 Å². The second-order valence-corrected chi connectivity index (χ2v) is 5.44. The third-order valence-electron chi connectivity index (χ3n) is 3.23. The van der Waals surface area contributed by atoms with Crippen LogP contribution < -0.4 is 10.9 Å². The van der Waals surface area contributed by atoms with Gasteiger partial charge in [0.2, 0.25) is 11.8 Å². The van der Waals surface area contributed by atoms with E-state index in [4.69, 9.17) is 11.6 Å². The van der Waals surface area contributed by atoms with Gasteiger partial charge in [-0.2, -0.15) is 0 Å². The molecule has 0 saturated carbocycles. The number of hydrogen-bond acceptors (Lipinski definition) is 2. The zero-order valence-electron chi connectivity index (χ0n) is 12.2. The highest BCUT2D eigenvalue weighted by atomic mass is 35.5. The van der Waals surface area contributed by atoms with Crippen LogP contribution >= 0.6 is 11.6 Å². The summed E-state index contributed by atoms with van der Waals surface area (Å²) >= 11 is 5.78. The minimum Gasteiger partial charge on any atom is -0.273 e. The highest BCUT2D eigenvalue weighted by molar-refractivity contribution is 6.30. The van der Waals surface area contributed by atoms with Crippen molar-refractivity contribution >= 4 is 23.4 Å². The molecule has 0 bridgehead atoms. The van der Waals surface area contributed by atoms with Gasteiger partial charge in [-0.25, -0.2) is 0 Å². The Morgan fingerprint density at radius 1 is 0.909 bits per heavy atom. The molecule has 2 amide bonds. The van der Waals surface area contributed by atoms with E-state index in [-0.39, 0.29) is 24.7 Å². The summed E-state index contributed by atoms with van der Waals surface area (Å²) in [4.78, 5) is 23.6. The molecule has 2 aromatic rings. The largest absolute Gasteiger partial charge is 0.273 e. The van der Waals surface area contributed by atoms with Gasteiger partial charge < -0.3 is 0 Å². The number of aryl methyl sites for hydroxylation is 1. The molecule has 22 heavy (non-hydrogen) atoms. The van der Waals surface area contributed by atoms with Gasteiger partial charge in [0.05, 0.1) is 12.8 Å². The Morgan fingerprint density at radius 3 is 2.14 bits per heavy atom. The summed E-state index contributed by atoms with van der Waals surface area (Å²) < 4.78 is 0. The molecule has 0 aliphatic heterocycles. The highest BCUT2D eigenvalue weighted by Gasteiger charge is 2.08. The van der Waals surface area contributed by atoms with Crippen molar-refractivity contribution in [3.63, 3.8) is 0 Å². The molecule has 114 valence electrons. The van der Waals surface area contributed by atoms with Crippen molar-refractivity contribution in [2.45, 2.75) is 19.8 Å². The molecule has 4 nitrogen and oxygen atoms in total. The van der Waals surface area contributed by atoms with Gasteiger partial charge in [-0.3, -0.25) is 20.4 Å². The molecule has 0 aliphatic rings. The van der Waals surface area contributed by atoms with Crippen molar-refractivity contribution < 1.29 is 9.59 Å². The fourth-order valence-electron chi connectivity index (χ4n) is 2.00. The second-order valence-electron chi connectivity index (χ2n) is 5.00. The Balaban J connectivity index is 1.79. The van der Waals surface area contributed by atoms with E-state index in [1.165, 1.54) is 0 Å². The van der Waals surface area contributed by atoms with Gasteiger partial charge >= 0.3 is 0 Å². The van der Waals surface area contributed by atoms with Gasteiger partial charge in [-0.1, -0.05) is 48.0 Å². The Bertz CT molecular complexity index is 669. The lowest BCUT2D eigenvalue weighted by Crippen LogP contribution is -2.43. The van der Waals surface area contributed by atoms with Crippen molar-refractivity contribution in [1.82, 2.24) is 10.9 Å². The first kappa shape index (κ1) is 16.0. The predicted octanol–water partition coefficient (Wildman–Crippen LogP) is 2.58. The van der Waals surface area contributed by atoms with E-state index in [2.05, 4.69) is 10.9 Å². The van der Waals surface area contributed by atoms with Crippen LogP contribution in [0.1, 0.15) is 16.7 Å². The van der Waals surface area contributed by atoms with E-state index >= 15 is 0 Å². The Kier molecular flexibility index (Phi) is 5.55. The molecule has 0 unspecified atom stereocenters. The summed E-state index contributed by atoms with van der Waals surface area (Å²) in [7, 11) is 0. The molecular weight excluding hydrogens is 300 g/mol. The first-order chi connectivity index (χ1) is 10.5. The molecule has 5 heteroatoms. The molecule has 0 saturated heterocycles. The van der Waals surface area contributed by atoms with Crippen molar-refractivity contribution in [2.24, 2.45) is 0 Å². The monoisotopic (exact) mass is 316 g/mol. The van der Waals surface area contributed by atoms with E-state index in [0.717, 1.165) is 16.7 Å². The number of halogens is 1. The SMILES string of the molecule is Cc1ccccc1CC(=O)NNC(=O)Cc1ccc(Cl)cc1. The number of hydrogen-bond donors (Lipinski definition) is 2. The standard InChI is InChI=1S/C17H17ClN2O2/c1-12-4-2-3-5-14(12)11-17(22)20-19-16(21)10-13-6-8-15(18)9-7-13/h2-9H,10-11H2,1H3,(H,19,21)(H,20,22). The van der Waals surface area contributed by atoms with Crippen LogP contribution in [-0.2, 0) is 22.4 Å². The number of benzene rings is 2. The Hall–Kier alpha value is -2.33. The summed E-state index contributed by atoms with van der Waals surface area (Å²) in [6, 6.07) is 14.6. The Morgan fingerprint density at radius 2 is 1.50 bits per heavy atom. The zero-order valence-corrected chi connectivity index (χ0v) is 13.0. The van der Waals surface area contributed by atoms with Gasteiger partial charge in [-0.15, -0.1) is 0 Å². The topological polar surface area (TPSA) is 58.2 Å². The first-order valence-corrected chi connectivity index (χ1v) is 7.29. The molecule has 0 aromatic heterocycles. The average Bonchev–Trinajstić information content (AvgIpc) is 2.50. The van der Waals surface area contributed by atoms with Crippen molar-refractivity contribution in [3.8, 4) is 0 Å². The van der Waals surface area contributed by atoms with E-state index < -0.39 is 0 Å². The first-order valence-electron chi connectivity index (χ1n) is 6.91. The lowest BCUT2D eigenvalue weighted by atomic mass is 10.1. The number of nitrogens with one attached hydrogen (secondary N) is 2. The summed E-state index contributed by atoms with van der Waals surface area (Å²) in [5.74, 6) is -0.529. The summed E-state index contributed by atoms with van der Waals surface area (Å²) in [6.07, 6.45) is 0.412. The van der Waals surface area contributed by atoms with Gasteiger partial charge in [0.15, 0.2) is 0 Å². The quantitative estimate of drug-likeness (QED) is 0.852. The van der Waals surface area contributed by atoms with Crippen molar-refractivity contribution in [2.75, 3.05) is 0 Å². The molecule has 2 N–H and O–H groups in total. The lowest BCUT2D eigenvalue weighted by Gasteiger charge is -2.09. The number of rotatable bonds is 4. The number of carbonyl (C=O) groups excluding carboxylic acids is 2. The fraction of sp³-hybridized carbons (Fsp3) is 0.176. The van der Waals surface area contributed by atoms with Gasteiger partial charge in [0.25, 0.3) is 0 Å². The smallest absolute Gasteiger partial charge is 0.242 e. The van der Waals surface area contributed by atoms with Crippen LogP contribution in [0.15, 0.2) is 48.5 Å². The van der Waals surface area contributed by atoms with Crippen LogP contribution in [0.3, 0.4) is 0 Å². The normalized spacial score (nSPS) is 10.1. The molecular formula is C17H17ClN2O2. The van der Waals surface area contributed by atoms with Crippen molar-refractivity contribution in [3.05, 3.63) is 70.2 Å². The maximum absolute atomic E-state index is 11.8. The summed E-state index contributed by atoms with van der Waals surface area (Å²) in [5, 5.41) is 0.621. The van der Waals surface area contributed by atoms with Crippen LogP contribution in [0.5, 0.6) is 0 Å². The van der Waals surface area contributed by atoms with Gasteiger partial charge in [0.1, 0.15) is 0 Å².